The van der Waals surface area contributed by atoms with Crippen LogP contribution in [0.2, 0.25) is 0 Å². The second-order valence-electron chi connectivity index (χ2n) is 2.69. The lowest BCUT2D eigenvalue weighted by atomic mass is 10.1. The Hall–Kier alpha value is -0.410. The van der Waals surface area contributed by atoms with E-state index in [-0.39, 0.29) is 5.82 Å². The van der Waals surface area contributed by atoms with Crippen molar-refractivity contribution in [2.45, 2.75) is 13.5 Å². The zero-order chi connectivity index (χ0) is 9.14. The van der Waals surface area contributed by atoms with Gasteiger partial charge in [0.2, 0.25) is 0 Å². The smallest absolute Gasteiger partial charge is 0.142 e. The fraction of sp³-hybridized carbons (Fsp3) is 0.333. The monoisotopic (exact) mass is 231 g/mol. The zero-order valence-corrected chi connectivity index (χ0v) is 8.70. The van der Waals surface area contributed by atoms with Gasteiger partial charge in [0, 0.05) is 12.1 Å². The van der Waals surface area contributed by atoms with E-state index in [0.717, 1.165) is 11.1 Å². The standard InChI is InChI=1S/C9H11BrFN/c1-6-3-4-8(10)9(11)7(6)5-12-2/h3-4,12H,5H2,1-2H3. The van der Waals surface area contributed by atoms with Crippen LogP contribution in [0.5, 0.6) is 0 Å². The van der Waals surface area contributed by atoms with Crippen molar-refractivity contribution >= 4 is 15.9 Å². The van der Waals surface area contributed by atoms with Gasteiger partial charge in [-0.25, -0.2) is 4.39 Å². The van der Waals surface area contributed by atoms with E-state index in [1.54, 1.807) is 13.1 Å². The molecule has 0 heterocycles. The molecule has 0 amide bonds. The first kappa shape index (κ1) is 9.68. The lowest BCUT2D eigenvalue weighted by Gasteiger charge is -2.07. The molecule has 1 aromatic carbocycles. The molecule has 0 saturated carbocycles. The Bertz CT molecular complexity index is 286. The highest BCUT2D eigenvalue weighted by atomic mass is 79.9. The molecule has 0 fully saturated rings. The third kappa shape index (κ3) is 1.84. The highest BCUT2D eigenvalue weighted by molar-refractivity contribution is 9.10. The second kappa shape index (κ2) is 4.01. The summed E-state index contributed by atoms with van der Waals surface area (Å²) in [6.45, 7) is 2.47. The van der Waals surface area contributed by atoms with Crippen LogP contribution in [0.25, 0.3) is 0 Å². The van der Waals surface area contributed by atoms with Crippen molar-refractivity contribution in [2.24, 2.45) is 0 Å². The molecule has 0 aliphatic heterocycles. The Morgan fingerprint density at radius 2 is 2.17 bits per heavy atom. The minimum absolute atomic E-state index is 0.163. The summed E-state index contributed by atoms with van der Waals surface area (Å²) < 4.78 is 13.9. The van der Waals surface area contributed by atoms with Crippen LogP contribution in [-0.2, 0) is 6.54 Å². The van der Waals surface area contributed by atoms with Gasteiger partial charge < -0.3 is 5.32 Å². The third-order valence-electron chi connectivity index (χ3n) is 1.78. The van der Waals surface area contributed by atoms with E-state index in [1.807, 2.05) is 13.0 Å². The Labute approximate surface area is 80.1 Å². The lowest BCUT2D eigenvalue weighted by Crippen LogP contribution is -2.09. The van der Waals surface area contributed by atoms with Crippen LogP contribution in [-0.4, -0.2) is 7.05 Å². The van der Waals surface area contributed by atoms with E-state index < -0.39 is 0 Å². The van der Waals surface area contributed by atoms with Gasteiger partial charge in [0.15, 0.2) is 0 Å². The van der Waals surface area contributed by atoms with Crippen molar-refractivity contribution in [1.29, 1.82) is 0 Å². The minimum atomic E-state index is -0.163. The van der Waals surface area contributed by atoms with E-state index in [9.17, 15) is 4.39 Å². The Balaban J connectivity index is 3.14. The number of hydrogen-bond donors (Lipinski definition) is 1. The van der Waals surface area contributed by atoms with Gasteiger partial charge in [-0.3, -0.25) is 0 Å². The summed E-state index contributed by atoms with van der Waals surface area (Å²) in [5.41, 5.74) is 1.71. The summed E-state index contributed by atoms with van der Waals surface area (Å²) in [5, 5.41) is 2.93. The van der Waals surface area contributed by atoms with Gasteiger partial charge >= 0.3 is 0 Å². The molecule has 0 radical (unpaired) electrons. The van der Waals surface area contributed by atoms with Crippen molar-refractivity contribution in [3.8, 4) is 0 Å². The topological polar surface area (TPSA) is 12.0 Å². The normalized spacial score (nSPS) is 10.3. The third-order valence-corrected chi connectivity index (χ3v) is 2.40. The molecule has 1 rings (SSSR count). The first-order valence-corrected chi connectivity index (χ1v) is 4.54. The summed E-state index contributed by atoms with van der Waals surface area (Å²) in [6, 6.07) is 3.63. The van der Waals surface area contributed by atoms with E-state index in [2.05, 4.69) is 21.2 Å². The van der Waals surface area contributed by atoms with Gasteiger partial charge in [0.1, 0.15) is 5.82 Å². The minimum Gasteiger partial charge on any atom is -0.316 e. The molecular formula is C9H11BrFN. The maximum Gasteiger partial charge on any atom is 0.142 e. The van der Waals surface area contributed by atoms with Gasteiger partial charge in [-0.1, -0.05) is 6.07 Å². The van der Waals surface area contributed by atoms with Crippen molar-refractivity contribution in [3.63, 3.8) is 0 Å². The molecule has 0 bridgehead atoms. The average Bonchev–Trinajstić information content (AvgIpc) is 2.06. The maximum absolute atomic E-state index is 13.4. The largest absolute Gasteiger partial charge is 0.316 e. The molecule has 0 spiro atoms. The fourth-order valence-corrected chi connectivity index (χ4v) is 1.45. The number of halogens is 2. The molecular weight excluding hydrogens is 221 g/mol. The molecule has 3 heteroatoms. The van der Waals surface area contributed by atoms with Gasteiger partial charge in [0.05, 0.1) is 4.47 Å². The fourth-order valence-electron chi connectivity index (χ4n) is 1.08. The molecule has 66 valence electrons. The number of rotatable bonds is 2. The molecule has 0 unspecified atom stereocenters. The molecule has 0 aliphatic rings. The number of aryl methyl sites for hydroxylation is 1. The van der Waals surface area contributed by atoms with Gasteiger partial charge in [-0.2, -0.15) is 0 Å². The number of nitrogens with one attached hydrogen (secondary N) is 1. The SMILES string of the molecule is CNCc1c(C)ccc(Br)c1F. The highest BCUT2D eigenvalue weighted by Crippen LogP contribution is 2.21. The Morgan fingerprint density at radius 1 is 1.50 bits per heavy atom. The van der Waals surface area contributed by atoms with Crippen LogP contribution < -0.4 is 5.32 Å². The molecule has 0 aromatic heterocycles. The van der Waals surface area contributed by atoms with Crippen LogP contribution >= 0.6 is 15.9 Å². The van der Waals surface area contributed by atoms with Crippen LogP contribution in [0.3, 0.4) is 0 Å². The maximum atomic E-state index is 13.4. The molecule has 0 aliphatic carbocycles. The Morgan fingerprint density at radius 3 is 2.75 bits per heavy atom. The van der Waals surface area contributed by atoms with Crippen LogP contribution in [0.1, 0.15) is 11.1 Å². The van der Waals surface area contributed by atoms with E-state index in [1.165, 1.54) is 0 Å². The van der Waals surface area contributed by atoms with Crippen molar-refractivity contribution in [1.82, 2.24) is 5.32 Å². The van der Waals surface area contributed by atoms with Crippen LogP contribution in [0.15, 0.2) is 16.6 Å². The number of hydrogen-bond acceptors (Lipinski definition) is 1. The molecule has 1 nitrogen and oxygen atoms in total. The average molecular weight is 232 g/mol. The van der Waals surface area contributed by atoms with Gasteiger partial charge in [0.25, 0.3) is 0 Å². The van der Waals surface area contributed by atoms with Crippen molar-refractivity contribution in [2.75, 3.05) is 7.05 Å². The quantitative estimate of drug-likeness (QED) is 0.826. The summed E-state index contributed by atoms with van der Waals surface area (Å²) in [5.74, 6) is -0.163. The van der Waals surface area contributed by atoms with E-state index >= 15 is 0 Å². The zero-order valence-electron chi connectivity index (χ0n) is 7.12. The summed E-state index contributed by atoms with van der Waals surface area (Å²) in [7, 11) is 1.81. The molecule has 1 aromatic rings. The first-order valence-electron chi connectivity index (χ1n) is 3.75. The summed E-state index contributed by atoms with van der Waals surface area (Å²) in [6.07, 6.45) is 0. The molecule has 0 saturated heterocycles. The second-order valence-corrected chi connectivity index (χ2v) is 3.54. The molecule has 1 N–H and O–H groups in total. The Kier molecular flexibility index (Phi) is 3.23. The lowest BCUT2D eigenvalue weighted by molar-refractivity contribution is 0.592. The van der Waals surface area contributed by atoms with Crippen LogP contribution in [0.4, 0.5) is 4.39 Å². The van der Waals surface area contributed by atoms with E-state index in [0.29, 0.717) is 11.0 Å². The predicted octanol–water partition coefficient (Wildman–Crippen LogP) is 2.62. The number of benzene rings is 1. The van der Waals surface area contributed by atoms with E-state index in [4.69, 9.17) is 0 Å². The first-order chi connectivity index (χ1) is 5.66. The van der Waals surface area contributed by atoms with Gasteiger partial charge in [-0.15, -0.1) is 0 Å². The van der Waals surface area contributed by atoms with Gasteiger partial charge in [-0.05, 0) is 41.5 Å². The predicted molar refractivity (Wildman–Crippen MR) is 51.6 cm³/mol. The van der Waals surface area contributed by atoms with Crippen LogP contribution in [0, 0.1) is 12.7 Å². The molecule has 0 atom stereocenters. The summed E-state index contributed by atoms with van der Waals surface area (Å²) >= 11 is 3.15. The van der Waals surface area contributed by atoms with Crippen molar-refractivity contribution in [3.05, 3.63) is 33.5 Å². The van der Waals surface area contributed by atoms with Crippen molar-refractivity contribution < 1.29 is 4.39 Å². The molecule has 12 heavy (non-hydrogen) atoms. The highest BCUT2D eigenvalue weighted by Gasteiger charge is 2.07. The summed E-state index contributed by atoms with van der Waals surface area (Å²) in [4.78, 5) is 0.